The first-order valence-electron chi connectivity index (χ1n) is 6.30. The van der Waals surface area contributed by atoms with Crippen molar-refractivity contribution in [2.45, 2.75) is 70.3 Å². The van der Waals surface area contributed by atoms with Gasteiger partial charge in [-0.3, -0.25) is 0 Å². The molecule has 0 aromatic heterocycles. The molecule has 0 fully saturated rings. The quantitative estimate of drug-likeness (QED) is 0.575. The van der Waals surface area contributed by atoms with E-state index in [0.717, 1.165) is 51.4 Å². The van der Waals surface area contributed by atoms with E-state index in [9.17, 15) is 0 Å². The predicted octanol–water partition coefficient (Wildman–Crippen LogP) is 3.26. The number of hydrogen-bond acceptors (Lipinski definition) is 3. The zero-order chi connectivity index (χ0) is 12.1. The molecule has 0 bridgehead atoms. The molecule has 0 aliphatic rings. The van der Waals surface area contributed by atoms with Crippen molar-refractivity contribution >= 4 is 0 Å². The van der Waals surface area contributed by atoms with Crippen molar-refractivity contribution in [3.63, 3.8) is 0 Å². The molecule has 3 heteroatoms. The smallest absolute Gasteiger partial charge is 0.0621 e. The minimum atomic E-state index is 0.309. The van der Waals surface area contributed by atoms with Gasteiger partial charge in [-0.25, -0.2) is 0 Å². The fraction of sp³-hybridized carbons (Fsp3) is 0.846. The summed E-state index contributed by atoms with van der Waals surface area (Å²) in [5.41, 5.74) is 5.97. The maximum atomic E-state index is 8.36. The Kier molecular flexibility index (Phi) is 11.2. The van der Waals surface area contributed by atoms with Crippen molar-refractivity contribution < 1.29 is 0 Å². The average molecular weight is 221 g/mol. The van der Waals surface area contributed by atoms with Gasteiger partial charge in [-0.15, -0.1) is 0 Å². The molecule has 0 aromatic carbocycles. The first kappa shape index (κ1) is 14.9. The Morgan fingerprint density at radius 1 is 0.750 bits per heavy atom. The number of nitrogens with two attached hydrogens (primary N) is 1. The molecule has 2 N–H and O–H groups in total. The number of rotatable bonds is 10. The molecule has 0 unspecified atom stereocenters. The molecule has 0 aliphatic heterocycles. The van der Waals surface area contributed by atoms with Crippen LogP contribution in [0.5, 0.6) is 0 Å². The van der Waals surface area contributed by atoms with E-state index in [0.29, 0.717) is 18.9 Å². The predicted molar refractivity (Wildman–Crippen MR) is 65.4 cm³/mol. The van der Waals surface area contributed by atoms with Crippen molar-refractivity contribution in [3.8, 4) is 12.1 Å². The van der Waals surface area contributed by atoms with Crippen LogP contribution in [0.1, 0.15) is 64.2 Å². The lowest BCUT2D eigenvalue weighted by atomic mass is 10.0. The van der Waals surface area contributed by atoms with Crippen molar-refractivity contribution in [1.82, 2.24) is 0 Å². The highest BCUT2D eigenvalue weighted by Gasteiger charge is 2.01. The zero-order valence-corrected chi connectivity index (χ0v) is 10.1. The Hall–Kier alpha value is -1.06. The van der Waals surface area contributed by atoms with Gasteiger partial charge in [0.05, 0.1) is 12.1 Å². The Morgan fingerprint density at radius 3 is 1.56 bits per heavy atom. The van der Waals surface area contributed by atoms with Crippen LogP contribution in [0.2, 0.25) is 0 Å². The van der Waals surface area contributed by atoms with Crippen molar-refractivity contribution in [2.75, 3.05) is 0 Å². The van der Waals surface area contributed by atoms with Crippen LogP contribution in [-0.4, -0.2) is 6.04 Å². The Bertz CT molecular complexity index is 200. The highest BCUT2D eigenvalue weighted by Crippen LogP contribution is 2.10. The second-order valence-corrected chi connectivity index (χ2v) is 4.27. The van der Waals surface area contributed by atoms with E-state index in [-0.39, 0.29) is 0 Å². The minimum absolute atomic E-state index is 0.309. The molecule has 0 spiro atoms. The summed E-state index contributed by atoms with van der Waals surface area (Å²) < 4.78 is 0. The normalized spacial score (nSPS) is 10.0. The van der Waals surface area contributed by atoms with Gasteiger partial charge in [-0.2, -0.15) is 10.5 Å². The van der Waals surface area contributed by atoms with E-state index in [4.69, 9.17) is 16.3 Å². The molecule has 0 rings (SSSR count). The van der Waals surface area contributed by atoms with Crippen molar-refractivity contribution in [3.05, 3.63) is 0 Å². The second-order valence-electron chi connectivity index (χ2n) is 4.27. The molecule has 0 amide bonds. The molecule has 0 saturated heterocycles. The molecule has 90 valence electrons. The van der Waals surface area contributed by atoms with Crippen LogP contribution in [0.25, 0.3) is 0 Å². The third-order valence-electron chi connectivity index (χ3n) is 2.73. The van der Waals surface area contributed by atoms with Crippen LogP contribution in [0.3, 0.4) is 0 Å². The van der Waals surface area contributed by atoms with Crippen molar-refractivity contribution in [2.24, 2.45) is 5.73 Å². The van der Waals surface area contributed by atoms with E-state index in [1.165, 1.54) is 0 Å². The summed E-state index contributed by atoms with van der Waals surface area (Å²) in [6.45, 7) is 0. The first-order chi connectivity index (χ1) is 7.81. The van der Waals surface area contributed by atoms with Gasteiger partial charge in [0.2, 0.25) is 0 Å². The van der Waals surface area contributed by atoms with Gasteiger partial charge in [0.1, 0.15) is 0 Å². The van der Waals surface area contributed by atoms with Crippen LogP contribution in [0.4, 0.5) is 0 Å². The maximum Gasteiger partial charge on any atom is 0.0621 e. The Balaban J connectivity index is 3.16. The summed E-state index contributed by atoms with van der Waals surface area (Å²) in [5.74, 6) is 0. The molecule has 0 saturated carbocycles. The van der Waals surface area contributed by atoms with Crippen LogP contribution >= 0.6 is 0 Å². The number of hydrogen-bond donors (Lipinski definition) is 1. The molecule has 0 aliphatic carbocycles. The van der Waals surface area contributed by atoms with Gasteiger partial charge >= 0.3 is 0 Å². The van der Waals surface area contributed by atoms with Gasteiger partial charge < -0.3 is 5.73 Å². The highest BCUT2D eigenvalue weighted by molar-refractivity contribution is 4.70. The van der Waals surface area contributed by atoms with Gasteiger partial charge in [0.25, 0.3) is 0 Å². The maximum absolute atomic E-state index is 8.36. The van der Waals surface area contributed by atoms with Crippen LogP contribution in [0, 0.1) is 22.7 Å². The van der Waals surface area contributed by atoms with Gasteiger partial charge in [-0.05, 0) is 25.7 Å². The summed E-state index contributed by atoms with van der Waals surface area (Å²) in [6, 6.07) is 4.61. The number of nitriles is 2. The lowest BCUT2D eigenvalue weighted by Gasteiger charge is -2.10. The standard InChI is InChI=1S/C13H23N3/c14-11-7-3-1-5-9-13(16)10-6-2-4-8-12-15/h13H,1-10,16H2. The molecule has 3 nitrogen and oxygen atoms in total. The molecule has 0 aromatic rings. The van der Waals surface area contributed by atoms with Gasteiger partial charge in [0, 0.05) is 18.9 Å². The van der Waals surface area contributed by atoms with Crippen LogP contribution in [0.15, 0.2) is 0 Å². The summed E-state index contributed by atoms with van der Waals surface area (Å²) in [5, 5.41) is 16.7. The SMILES string of the molecule is N#CCCCCCC(N)CCCCCC#N. The zero-order valence-electron chi connectivity index (χ0n) is 10.1. The summed E-state index contributed by atoms with van der Waals surface area (Å²) in [4.78, 5) is 0. The van der Waals surface area contributed by atoms with E-state index in [1.54, 1.807) is 0 Å². The Labute approximate surface area is 99.2 Å². The highest BCUT2D eigenvalue weighted by atomic mass is 14.6. The van der Waals surface area contributed by atoms with E-state index in [2.05, 4.69) is 12.1 Å². The van der Waals surface area contributed by atoms with Crippen LogP contribution < -0.4 is 5.73 Å². The van der Waals surface area contributed by atoms with Crippen LogP contribution in [-0.2, 0) is 0 Å². The topological polar surface area (TPSA) is 73.6 Å². The van der Waals surface area contributed by atoms with Crippen molar-refractivity contribution in [1.29, 1.82) is 10.5 Å². The number of unbranched alkanes of at least 4 members (excludes halogenated alkanes) is 6. The molecular formula is C13H23N3. The summed E-state index contributed by atoms with van der Waals surface area (Å²) in [6.07, 6.45) is 10.0. The minimum Gasteiger partial charge on any atom is -0.328 e. The van der Waals surface area contributed by atoms with E-state index < -0.39 is 0 Å². The lowest BCUT2D eigenvalue weighted by molar-refractivity contribution is 0.497. The molecule has 0 atom stereocenters. The monoisotopic (exact) mass is 221 g/mol. The third kappa shape index (κ3) is 11.0. The van der Waals surface area contributed by atoms with Gasteiger partial charge in [-0.1, -0.05) is 25.7 Å². The van der Waals surface area contributed by atoms with Gasteiger partial charge in [0.15, 0.2) is 0 Å². The molecular weight excluding hydrogens is 198 g/mol. The third-order valence-corrected chi connectivity index (χ3v) is 2.73. The molecule has 0 radical (unpaired) electrons. The second kappa shape index (κ2) is 12.0. The Morgan fingerprint density at radius 2 is 1.19 bits per heavy atom. The molecule has 0 heterocycles. The fourth-order valence-corrected chi connectivity index (χ4v) is 1.72. The first-order valence-corrected chi connectivity index (χ1v) is 6.30. The van der Waals surface area contributed by atoms with E-state index >= 15 is 0 Å². The van der Waals surface area contributed by atoms with E-state index in [1.807, 2.05) is 0 Å². The fourth-order valence-electron chi connectivity index (χ4n) is 1.72. The number of nitrogens with zero attached hydrogens (tertiary/aromatic N) is 2. The largest absolute Gasteiger partial charge is 0.328 e. The molecule has 16 heavy (non-hydrogen) atoms. The summed E-state index contributed by atoms with van der Waals surface area (Å²) >= 11 is 0. The average Bonchev–Trinajstić information content (AvgIpc) is 2.28. The lowest BCUT2D eigenvalue weighted by Crippen LogP contribution is -2.19. The summed E-state index contributed by atoms with van der Waals surface area (Å²) in [7, 11) is 0.